The fourth-order valence-electron chi connectivity index (χ4n) is 4.66. The first-order chi connectivity index (χ1) is 17.2. The standard InChI is InChI=1S/C25H23ClF3N5O2/c26-20-21(24(36)33-13-11-32(12-14-33)23(35)17-9-5-2-6-10-17)31-34-19(25(27,28)29)15-18(30-22(20)34)16-7-3-1-4-8-16/h1-10,18-19,30H,11-15H2/t18-,19-/m0/s1. The molecule has 1 N–H and O–H groups in total. The van der Waals surface area contributed by atoms with Gasteiger partial charge in [0.05, 0.1) is 6.04 Å². The van der Waals surface area contributed by atoms with Crippen LogP contribution in [-0.4, -0.2) is 63.7 Å². The second-order valence-electron chi connectivity index (χ2n) is 8.81. The van der Waals surface area contributed by atoms with Crippen LogP contribution in [0.15, 0.2) is 60.7 Å². The first-order valence-electron chi connectivity index (χ1n) is 11.5. The smallest absolute Gasteiger partial charge is 0.362 e. The number of carbonyl (C=O) groups is 2. The molecule has 1 saturated heterocycles. The number of aromatic nitrogens is 2. The van der Waals surface area contributed by atoms with Gasteiger partial charge in [0.25, 0.3) is 11.8 Å². The number of alkyl halides is 3. The largest absolute Gasteiger partial charge is 0.410 e. The minimum Gasteiger partial charge on any atom is -0.362 e. The molecule has 11 heteroatoms. The quantitative estimate of drug-likeness (QED) is 0.542. The minimum absolute atomic E-state index is 0.0275. The van der Waals surface area contributed by atoms with E-state index in [1.807, 2.05) is 6.07 Å². The summed E-state index contributed by atoms with van der Waals surface area (Å²) >= 11 is 6.46. The van der Waals surface area contributed by atoms with Gasteiger partial charge in [-0.1, -0.05) is 60.1 Å². The number of nitrogens with one attached hydrogen (secondary N) is 1. The van der Waals surface area contributed by atoms with Gasteiger partial charge in [0.2, 0.25) is 0 Å². The molecule has 3 aromatic rings. The second kappa shape index (κ2) is 9.50. The van der Waals surface area contributed by atoms with Crippen molar-refractivity contribution in [2.45, 2.75) is 24.7 Å². The number of piperazine rings is 1. The lowest BCUT2D eigenvalue weighted by Gasteiger charge is -2.34. The number of hydrogen-bond donors (Lipinski definition) is 1. The maximum absolute atomic E-state index is 14.0. The zero-order valence-electron chi connectivity index (χ0n) is 19.1. The molecule has 0 saturated carbocycles. The van der Waals surface area contributed by atoms with E-state index in [1.165, 1.54) is 4.90 Å². The van der Waals surface area contributed by atoms with Gasteiger partial charge in [-0.2, -0.15) is 18.3 Å². The number of carbonyl (C=O) groups excluding carboxylic acids is 2. The molecule has 0 radical (unpaired) electrons. The number of amides is 2. The van der Waals surface area contributed by atoms with Gasteiger partial charge in [-0.25, -0.2) is 4.68 Å². The Kier molecular flexibility index (Phi) is 6.38. The van der Waals surface area contributed by atoms with Crippen molar-refractivity contribution in [3.05, 3.63) is 82.5 Å². The van der Waals surface area contributed by atoms with Gasteiger partial charge in [0, 0.05) is 38.2 Å². The lowest BCUT2D eigenvalue weighted by Crippen LogP contribution is -2.50. The summed E-state index contributed by atoms with van der Waals surface area (Å²) in [5, 5.41) is 6.94. The van der Waals surface area contributed by atoms with E-state index in [0.29, 0.717) is 24.2 Å². The third-order valence-electron chi connectivity index (χ3n) is 6.57. The summed E-state index contributed by atoms with van der Waals surface area (Å²) in [4.78, 5) is 29.0. The van der Waals surface area contributed by atoms with E-state index >= 15 is 0 Å². The van der Waals surface area contributed by atoms with Crippen LogP contribution in [0.3, 0.4) is 0 Å². The lowest BCUT2D eigenvalue weighted by atomic mass is 9.97. The highest BCUT2D eigenvalue weighted by Gasteiger charge is 2.48. The Bertz CT molecular complexity index is 1260. The second-order valence-corrected chi connectivity index (χ2v) is 9.18. The number of hydrogen-bond acceptors (Lipinski definition) is 4. The summed E-state index contributed by atoms with van der Waals surface area (Å²) in [7, 11) is 0. The Labute approximate surface area is 210 Å². The predicted molar refractivity (Wildman–Crippen MR) is 128 cm³/mol. The van der Waals surface area contributed by atoms with E-state index in [4.69, 9.17) is 11.6 Å². The molecular weight excluding hydrogens is 495 g/mol. The van der Waals surface area contributed by atoms with Crippen LogP contribution >= 0.6 is 11.6 Å². The summed E-state index contributed by atoms with van der Waals surface area (Å²) in [5.41, 5.74) is 1.01. The van der Waals surface area contributed by atoms with Crippen LogP contribution < -0.4 is 5.32 Å². The number of anilines is 1. The van der Waals surface area contributed by atoms with Crippen LogP contribution in [-0.2, 0) is 0 Å². The molecular formula is C25H23ClF3N5O2. The zero-order chi connectivity index (χ0) is 25.4. The highest BCUT2D eigenvalue weighted by atomic mass is 35.5. The summed E-state index contributed by atoms with van der Waals surface area (Å²) in [6.07, 6.45) is -4.87. The Morgan fingerprint density at radius 3 is 2.03 bits per heavy atom. The summed E-state index contributed by atoms with van der Waals surface area (Å²) < 4.78 is 42.8. The Hall–Kier alpha value is -3.53. The summed E-state index contributed by atoms with van der Waals surface area (Å²) in [6.45, 7) is 1.03. The van der Waals surface area contributed by atoms with Gasteiger partial charge in [0.15, 0.2) is 11.7 Å². The molecule has 2 aliphatic heterocycles. The predicted octanol–water partition coefficient (Wildman–Crippen LogP) is 4.80. The number of benzene rings is 2. The zero-order valence-corrected chi connectivity index (χ0v) is 19.8. The minimum atomic E-state index is -4.58. The van der Waals surface area contributed by atoms with Crippen LogP contribution in [0.25, 0.3) is 0 Å². The average Bonchev–Trinajstić information content (AvgIpc) is 3.24. The van der Waals surface area contributed by atoms with Crippen molar-refractivity contribution < 1.29 is 22.8 Å². The first kappa shape index (κ1) is 24.2. The molecule has 188 valence electrons. The molecule has 2 atom stereocenters. The van der Waals surface area contributed by atoms with E-state index < -0.39 is 24.2 Å². The van der Waals surface area contributed by atoms with E-state index in [1.54, 1.807) is 59.5 Å². The molecule has 0 aliphatic carbocycles. The fourth-order valence-corrected chi connectivity index (χ4v) is 4.92. The Balaban J connectivity index is 1.36. The summed E-state index contributed by atoms with van der Waals surface area (Å²) in [5.74, 6) is -0.726. The van der Waals surface area contributed by atoms with E-state index in [-0.39, 0.29) is 42.0 Å². The van der Waals surface area contributed by atoms with Crippen molar-refractivity contribution in [1.29, 1.82) is 0 Å². The van der Waals surface area contributed by atoms with E-state index in [0.717, 1.165) is 4.68 Å². The number of halogens is 4. The third kappa shape index (κ3) is 4.53. The highest BCUT2D eigenvalue weighted by molar-refractivity contribution is 6.36. The third-order valence-corrected chi connectivity index (χ3v) is 6.93. The fraction of sp³-hybridized carbons (Fsp3) is 0.320. The van der Waals surface area contributed by atoms with E-state index in [2.05, 4.69) is 10.4 Å². The van der Waals surface area contributed by atoms with Gasteiger partial charge in [-0.05, 0) is 17.7 Å². The van der Waals surface area contributed by atoms with Crippen molar-refractivity contribution >= 4 is 29.2 Å². The van der Waals surface area contributed by atoms with Gasteiger partial charge < -0.3 is 15.1 Å². The highest BCUT2D eigenvalue weighted by Crippen LogP contribution is 2.46. The van der Waals surface area contributed by atoms with Crippen molar-refractivity contribution in [2.24, 2.45) is 0 Å². The van der Waals surface area contributed by atoms with E-state index in [9.17, 15) is 22.8 Å². The van der Waals surface area contributed by atoms with Crippen molar-refractivity contribution in [3.63, 3.8) is 0 Å². The Morgan fingerprint density at radius 1 is 0.889 bits per heavy atom. The molecule has 5 rings (SSSR count). The molecule has 2 aliphatic rings. The maximum atomic E-state index is 14.0. The maximum Gasteiger partial charge on any atom is 0.410 e. The van der Waals surface area contributed by atoms with Crippen LogP contribution in [0.5, 0.6) is 0 Å². The summed E-state index contributed by atoms with van der Waals surface area (Å²) in [6, 6.07) is 15.0. The van der Waals surface area contributed by atoms with Gasteiger partial charge in [-0.15, -0.1) is 0 Å². The normalized spacial score (nSPS) is 20.0. The molecule has 1 fully saturated rings. The molecule has 36 heavy (non-hydrogen) atoms. The molecule has 2 amide bonds. The van der Waals surface area contributed by atoms with Crippen molar-refractivity contribution in [2.75, 3.05) is 31.5 Å². The molecule has 7 nitrogen and oxygen atoms in total. The number of nitrogens with zero attached hydrogens (tertiary/aromatic N) is 4. The molecule has 0 spiro atoms. The Morgan fingerprint density at radius 2 is 1.44 bits per heavy atom. The molecule has 1 aromatic heterocycles. The molecule has 2 aromatic carbocycles. The van der Waals surface area contributed by atoms with Gasteiger partial charge in [0.1, 0.15) is 10.8 Å². The van der Waals surface area contributed by atoms with Crippen molar-refractivity contribution in [3.8, 4) is 0 Å². The SMILES string of the molecule is O=C(c1ccccc1)N1CCN(C(=O)c2nn3c(c2Cl)N[C@H](c2ccccc2)C[C@H]3C(F)(F)F)CC1. The molecule has 0 bridgehead atoms. The molecule has 3 heterocycles. The van der Waals surface area contributed by atoms with Crippen LogP contribution in [0.2, 0.25) is 5.02 Å². The first-order valence-corrected chi connectivity index (χ1v) is 11.9. The van der Waals surface area contributed by atoms with Crippen molar-refractivity contribution in [1.82, 2.24) is 19.6 Å². The lowest BCUT2D eigenvalue weighted by molar-refractivity contribution is -0.173. The average molecular weight is 518 g/mol. The van der Waals surface area contributed by atoms with Gasteiger partial charge in [-0.3, -0.25) is 9.59 Å². The van der Waals surface area contributed by atoms with Gasteiger partial charge >= 0.3 is 6.18 Å². The monoisotopic (exact) mass is 517 g/mol. The van der Waals surface area contributed by atoms with Crippen LogP contribution in [0.1, 0.15) is 44.9 Å². The molecule has 0 unspecified atom stereocenters. The van der Waals surface area contributed by atoms with Crippen LogP contribution in [0.4, 0.5) is 19.0 Å². The number of fused-ring (bicyclic) bond motifs is 1. The number of rotatable bonds is 3. The topological polar surface area (TPSA) is 70.5 Å². The van der Waals surface area contributed by atoms with Crippen LogP contribution in [0, 0.1) is 0 Å².